The first kappa shape index (κ1) is 28.5. The summed E-state index contributed by atoms with van der Waals surface area (Å²) in [6, 6.07) is 12.7. The van der Waals surface area contributed by atoms with E-state index in [9.17, 15) is 19.4 Å². The zero-order chi connectivity index (χ0) is 30.0. The number of hydrogen-bond acceptors (Lipinski definition) is 6. The highest BCUT2D eigenvalue weighted by Gasteiger charge is 2.47. The van der Waals surface area contributed by atoms with E-state index in [1.807, 2.05) is 13.0 Å². The van der Waals surface area contributed by atoms with Crippen molar-refractivity contribution >= 4 is 28.4 Å². The Labute approximate surface area is 248 Å². The van der Waals surface area contributed by atoms with Gasteiger partial charge in [0.15, 0.2) is 0 Å². The highest BCUT2D eigenvalue weighted by molar-refractivity contribution is 6.34. The summed E-state index contributed by atoms with van der Waals surface area (Å²) < 4.78 is 19.9. The maximum Gasteiger partial charge on any atom is 0.248 e. The second kappa shape index (κ2) is 10.3. The van der Waals surface area contributed by atoms with Crippen molar-refractivity contribution in [2.45, 2.75) is 70.2 Å². The van der Waals surface area contributed by atoms with Gasteiger partial charge in [-0.25, -0.2) is 14.4 Å². The zero-order valence-electron chi connectivity index (χ0n) is 23.7. The molecule has 2 aromatic heterocycles. The van der Waals surface area contributed by atoms with Crippen LogP contribution in [0.3, 0.4) is 0 Å². The van der Waals surface area contributed by atoms with Gasteiger partial charge >= 0.3 is 0 Å². The molecule has 4 N–H and O–H groups in total. The average Bonchev–Trinajstić information content (AvgIpc) is 3.84. The molecule has 42 heavy (non-hydrogen) atoms. The van der Waals surface area contributed by atoms with Gasteiger partial charge in [0.1, 0.15) is 22.7 Å². The molecule has 0 radical (unpaired) electrons. The number of ether oxygens (including phenoxy) is 1. The van der Waals surface area contributed by atoms with Crippen LogP contribution in [0.2, 0.25) is 5.02 Å². The predicted molar refractivity (Wildman–Crippen MR) is 159 cm³/mol. The minimum absolute atomic E-state index is 0.0784. The summed E-state index contributed by atoms with van der Waals surface area (Å²) in [5.41, 5.74) is 6.97. The molecule has 7 nitrogen and oxygen atoms in total. The molecule has 1 atom stereocenters. The zero-order valence-corrected chi connectivity index (χ0v) is 24.5. The van der Waals surface area contributed by atoms with Crippen LogP contribution in [0.1, 0.15) is 72.4 Å². The number of primary amides is 1. The summed E-state index contributed by atoms with van der Waals surface area (Å²) in [5, 5.41) is 24.4. The number of rotatable bonds is 9. The molecular weight excluding hydrogens is 557 g/mol. The molecule has 2 aliphatic rings. The van der Waals surface area contributed by atoms with Crippen LogP contribution in [0, 0.1) is 18.7 Å². The molecule has 2 saturated carbocycles. The fraction of sp³-hybridized carbons (Fsp3) is 0.364. The monoisotopic (exact) mass is 589 g/mol. The Kier molecular flexibility index (Phi) is 6.99. The van der Waals surface area contributed by atoms with Crippen LogP contribution in [0.4, 0.5) is 4.39 Å². The van der Waals surface area contributed by atoms with Crippen LogP contribution in [0.5, 0.6) is 5.75 Å². The molecule has 0 saturated heterocycles. The van der Waals surface area contributed by atoms with Gasteiger partial charge in [-0.2, -0.15) is 0 Å². The lowest BCUT2D eigenvalue weighted by Gasteiger charge is -2.31. The third kappa shape index (κ3) is 5.46. The van der Waals surface area contributed by atoms with Crippen LogP contribution in [0.15, 0.2) is 48.5 Å². The molecule has 0 aliphatic heterocycles. The Hall–Kier alpha value is -3.59. The number of aromatic nitrogens is 2. The molecule has 2 fully saturated rings. The van der Waals surface area contributed by atoms with Crippen LogP contribution in [-0.4, -0.2) is 32.2 Å². The maximum atomic E-state index is 13.7. The largest absolute Gasteiger partial charge is 0.488 e. The van der Waals surface area contributed by atoms with E-state index in [1.54, 1.807) is 44.2 Å². The molecule has 9 heteroatoms. The summed E-state index contributed by atoms with van der Waals surface area (Å²) in [7, 11) is 0. The number of halogens is 2. The number of hydrogen-bond donors (Lipinski definition) is 3. The lowest BCUT2D eigenvalue weighted by atomic mass is 9.84. The molecule has 218 valence electrons. The minimum Gasteiger partial charge on any atom is -0.488 e. The van der Waals surface area contributed by atoms with Crippen molar-refractivity contribution in [3.8, 4) is 17.0 Å². The fourth-order valence-electron chi connectivity index (χ4n) is 5.43. The second-order valence-electron chi connectivity index (χ2n) is 12.1. The van der Waals surface area contributed by atoms with E-state index >= 15 is 0 Å². The highest BCUT2D eigenvalue weighted by atomic mass is 35.5. The van der Waals surface area contributed by atoms with E-state index in [2.05, 4.69) is 0 Å². The van der Waals surface area contributed by atoms with E-state index < -0.39 is 22.9 Å². The molecule has 2 aliphatic carbocycles. The number of carbonyl (C=O) groups is 1. The van der Waals surface area contributed by atoms with Gasteiger partial charge in [-0.3, -0.25) is 4.79 Å². The molecule has 2 aromatic carbocycles. The van der Waals surface area contributed by atoms with Gasteiger partial charge in [-0.05, 0) is 106 Å². The van der Waals surface area contributed by atoms with Gasteiger partial charge in [0.2, 0.25) is 5.91 Å². The number of aryl methyl sites for hydroxylation is 1. The summed E-state index contributed by atoms with van der Waals surface area (Å²) in [6.07, 6.45) is 3.71. The first-order chi connectivity index (χ1) is 19.8. The first-order valence-electron chi connectivity index (χ1n) is 14.2. The molecular formula is C33H33ClFN3O4. The second-order valence-corrected chi connectivity index (χ2v) is 12.5. The van der Waals surface area contributed by atoms with Crippen molar-refractivity contribution < 1.29 is 24.1 Å². The van der Waals surface area contributed by atoms with Crippen molar-refractivity contribution in [3.05, 3.63) is 87.4 Å². The third-order valence-corrected chi connectivity index (χ3v) is 8.53. The molecule has 1 amide bonds. The average molecular weight is 590 g/mol. The third-order valence-electron chi connectivity index (χ3n) is 8.15. The van der Waals surface area contributed by atoms with Gasteiger partial charge in [0.05, 0.1) is 28.1 Å². The van der Waals surface area contributed by atoms with E-state index in [1.165, 1.54) is 12.1 Å². The molecule has 0 spiro atoms. The van der Waals surface area contributed by atoms with Crippen molar-refractivity contribution in [1.82, 2.24) is 9.97 Å². The SMILES string of the molecule is Cc1cc2cc(C(N)=O)cc(OC3CC3)c2nc1CC(O)(c1cc(C(C)(C)O)c(Cl)c(-c2ccc(F)cc2)n1)C1CC1. The quantitative estimate of drug-likeness (QED) is 0.217. The van der Waals surface area contributed by atoms with Crippen LogP contribution < -0.4 is 10.5 Å². The molecule has 4 aromatic rings. The summed E-state index contributed by atoms with van der Waals surface area (Å²) in [5.74, 6) is -0.532. The van der Waals surface area contributed by atoms with E-state index in [-0.39, 0.29) is 23.5 Å². The summed E-state index contributed by atoms with van der Waals surface area (Å²) >= 11 is 6.78. The number of nitrogens with zero attached hydrogens (tertiary/aromatic N) is 2. The molecule has 2 heterocycles. The van der Waals surface area contributed by atoms with Crippen LogP contribution in [-0.2, 0) is 17.6 Å². The number of amides is 1. The van der Waals surface area contributed by atoms with Gasteiger partial charge < -0.3 is 20.7 Å². The lowest BCUT2D eigenvalue weighted by Crippen LogP contribution is -2.34. The Morgan fingerprint density at radius 1 is 1.07 bits per heavy atom. The van der Waals surface area contributed by atoms with Crippen molar-refractivity contribution in [2.24, 2.45) is 11.7 Å². The summed E-state index contributed by atoms with van der Waals surface area (Å²) in [4.78, 5) is 21.8. The van der Waals surface area contributed by atoms with E-state index in [4.69, 9.17) is 32.0 Å². The lowest BCUT2D eigenvalue weighted by molar-refractivity contribution is 0.00725. The number of nitrogens with two attached hydrogens (primary N) is 1. The highest BCUT2D eigenvalue weighted by Crippen LogP contribution is 2.49. The van der Waals surface area contributed by atoms with Gasteiger partial charge in [-0.15, -0.1) is 0 Å². The topological polar surface area (TPSA) is 119 Å². The Morgan fingerprint density at radius 3 is 2.36 bits per heavy atom. The van der Waals surface area contributed by atoms with Crippen molar-refractivity contribution in [2.75, 3.05) is 0 Å². The number of carbonyl (C=O) groups excluding carboxylic acids is 1. The molecule has 1 unspecified atom stereocenters. The fourth-order valence-corrected chi connectivity index (χ4v) is 5.87. The summed E-state index contributed by atoms with van der Waals surface area (Å²) in [6.45, 7) is 5.16. The van der Waals surface area contributed by atoms with Crippen LogP contribution >= 0.6 is 11.6 Å². The van der Waals surface area contributed by atoms with E-state index in [0.717, 1.165) is 36.6 Å². The number of fused-ring (bicyclic) bond motifs is 1. The Bertz CT molecular complexity index is 1710. The first-order valence-corrected chi connectivity index (χ1v) is 14.5. The standard InChI is InChI=1S/C33H33ClFN3O4/c1-17-12-19-13-20(31(36)39)14-26(42-23-10-11-23)29(19)37-25(17)16-33(41,21-6-7-21)27-15-24(32(2,3)40)28(34)30(38-27)18-4-8-22(35)9-5-18/h4-5,8-9,12-15,21,23,40-41H,6-7,10-11,16H2,1-3H3,(H2,36,39). The molecule has 6 rings (SSSR count). The number of aliphatic hydroxyl groups is 2. The van der Waals surface area contributed by atoms with Gasteiger partial charge in [-0.1, -0.05) is 11.6 Å². The van der Waals surface area contributed by atoms with Gasteiger partial charge in [0.25, 0.3) is 0 Å². The van der Waals surface area contributed by atoms with Gasteiger partial charge in [0, 0.05) is 34.2 Å². The number of benzene rings is 2. The smallest absolute Gasteiger partial charge is 0.248 e. The molecule has 0 bridgehead atoms. The normalized spacial score (nSPS) is 16.8. The Morgan fingerprint density at radius 2 is 1.76 bits per heavy atom. The number of pyridine rings is 2. The Balaban J connectivity index is 1.49. The van der Waals surface area contributed by atoms with E-state index in [0.29, 0.717) is 45.0 Å². The maximum absolute atomic E-state index is 13.7. The van der Waals surface area contributed by atoms with Crippen molar-refractivity contribution in [1.29, 1.82) is 0 Å². The van der Waals surface area contributed by atoms with Crippen LogP contribution in [0.25, 0.3) is 22.2 Å². The minimum atomic E-state index is -1.42. The predicted octanol–water partition coefficient (Wildman–Crippen LogP) is 6.11. The van der Waals surface area contributed by atoms with Crippen molar-refractivity contribution in [3.63, 3.8) is 0 Å².